The van der Waals surface area contributed by atoms with Crippen molar-refractivity contribution in [2.75, 3.05) is 13.7 Å². The van der Waals surface area contributed by atoms with Crippen molar-refractivity contribution in [2.24, 2.45) is 5.73 Å². The molecule has 0 aliphatic carbocycles. The van der Waals surface area contributed by atoms with Gasteiger partial charge in [-0.15, -0.1) is 0 Å². The SMILES string of the molecule is CCCCCCCOc1ccc(C2C(C#N)=C(N)Oc3cc(OC(=O)Cc4cccc5ccccc45)ccc32)cc1OC. The molecular weight excluding hydrogens is 540 g/mol. The molecule has 43 heavy (non-hydrogen) atoms. The number of fused-ring (bicyclic) bond motifs is 2. The summed E-state index contributed by atoms with van der Waals surface area (Å²) in [5.74, 6) is 1.10. The fourth-order valence-electron chi connectivity index (χ4n) is 5.48. The molecular formula is C36H36N2O5. The summed E-state index contributed by atoms with van der Waals surface area (Å²) in [6.07, 6.45) is 5.86. The number of nitriles is 1. The van der Waals surface area contributed by atoms with Crippen LogP contribution in [-0.4, -0.2) is 19.7 Å². The molecule has 7 nitrogen and oxygen atoms in total. The maximum absolute atomic E-state index is 12.9. The average Bonchev–Trinajstić information content (AvgIpc) is 3.02. The zero-order valence-corrected chi connectivity index (χ0v) is 24.6. The molecule has 1 atom stereocenters. The lowest BCUT2D eigenvalue weighted by molar-refractivity contribution is -0.133. The van der Waals surface area contributed by atoms with Gasteiger partial charge in [0.2, 0.25) is 5.88 Å². The average molecular weight is 577 g/mol. The lowest BCUT2D eigenvalue weighted by Gasteiger charge is -2.27. The number of carbonyl (C=O) groups excluding carboxylic acids is 1. The molecule has 4 aromatic rings. The quantitative estimate of drug-likeness (QED) is 0.105. The fraction of sp³-hybridized carbons (Fsp3) is 0.278. The van der Waals surface area contributed by atoms with Crippen LogP contribution in [0.5, 0.6) is 23.0 Å². The van der Waals surface area contributed by atoms with Crippen molar-refractivity contribution in [3.8, 4) is 29.1 Å². The van der Waals surface area contributed by atoms with Crippen molar-refractivity contribution in [3.63, 3.8) is 0 Å². The van der Waals surface area contributed by atoms with Gasteiger partial charge in [0.25, 0.3) is 0 Å². The van der Waals surface area contributed by atoms with Crippen molar-refractivity contribution in [1.29, 1.82) is 5.26 Å². The van der Waals surface area contributed by atoms with E-state index in [1.165, 1.54) is 19.3 Å². The summed E-state index contributed by atoms with van der Waals surface area (Å²) in [6.45, 7) is 2.81. The van der Waals surface area contributed by atoms with E-state index < -0.39 is 11.9 Å². The number of hydrogen-bond donors (Lipinski definition) is 1. The van der Waals surface area contributed by atoms with Crippen LogP contribution in [0.1, 0.15) is 61.6 Å². The highest BCUT2D eigenvalue weighted by Crippen LogP contribution is 2.45. The van der Waals surface area contributed by atoms with E-state index in [4.69, 9.17) is 24.7 Å². The van der Waals surface area contributed by atoms with Gasteiger partial charge in [0.15, 0.2) is 11.5 Å². The first-order valence-corrected chi connectivity index (χ1v) is 14.7. The van der Waals surface area contributed by atoms with Crippen LogP contribution in [0.4, 0.5) is 0 Å². The van der Waals surface area contributed by atoms with Gasteiger partial charge >= 0.3 is 5.97 Å². The third-order valence-corrected chi connectivity index (χ3v) is 7.66. The number of esters is 1. The molecule has 1 aliphatic heterocycles. The van der Waals surface area contributed by atoms with Crippen molar-refractivity contribution >= 4 is 16.7 Å². The predicted molar refractivity (Wildman–Crippen MR) is 166 cm³/mol. The zero-order valence-electron chi connectivity index (χ0n) is 24.6. The third-order valence-electron chi connectivity index (χ3n) is 7.66. The first-order valence-electron chi connectivity index (χ1n) is 14.7. The van der Waals surface area contributed by atoms with Crippen molar-refractivity contribution in [2.45, 2.75) is 51.4 Å². The molecule has 0 fully saturated rings. The molecule has 2 N–H and O–H groups in total. The third kappa shape index (κ3) is 6.76. The summed E-state index contributed by atoms with van der Waals surface area (Å²) in [6, 6.07) is 26.8. The van der Waals surface area contributed by atoms with E-state index in [9.17, 15) is 10.1 Å². The van der Waals surface area contributed by atoms with Crippen LogP contribution < -0.4 is 24.7 Å². The smallest absolute Gasteiger partial charge is 0.315 e. The molecule has 0 saturated heterocycles. The number of allylic oxidation sites excluding steroid dienone is 1. The minimum absolute atomic E-state index is 0.00519. The van der Waals surface area contributed by atoms with Gasteiger partial charge < -0.3 is 24.7 Å². The van der Waals surface area contributed by atoms with E-state index in [2.05, 4.69) is 13.0 Å². The highest BCUT2D eigenvalue weighted by atomic mass is 16.5. The van der Waals surface area contributed by atoms with Crippen LogP contribution in [-0.2, 0) is 11.2 Å². The lowest BCUT2D eigenvalue weighted by atomic mass is 9.83. The van der Waals surface area contributed by atoms with Crippen LogP contribution in [0, 0.1) is 11.3 Å². The molecule has 4 aromatic carbocycles. The Morgan fingerprint density at radius 1 is 0.953 bits per heavy atom. The second-order valence-electron chi connectivity index (χ2n) is 10.6. The lowest BCUT2D eigenvalue weighted by Crippen LogP contribution is -2.21. The molecule has 7 heteroatoms. The Kier molecular flexibility index (Phi) is 9.48. The topological polar surface area (TPSA) is 104 Å². The van der Waals surface area contributed by atoms with Crippen LogP contribution in [0.2, 0.25) is 0 Å². The Balaban J connectivity index is 1.35. The molecule has 1 heterocycles. The van der Waals surface area contributed by atoms with E-state index in [-0.39, 0.29) is 12.3 Å². The van der Waals surface area contributed by atoms with Gasteiger partial charge in [-0.1, -0.05) is 87.2 Å². The zero-order chi connectivity index (χ0) is 30.2. The summed E-state index contributed by atoms with van der Waals surface area (Å²) in [5.41, 5.74) is 8.94. The van der Waals surface area contributed by atoms with Gasteiger partial charge in [0.1, 0.15) is 23.1 Å². The first-order chi connectivity index (χ1) is 21.0. The summed E-state index contributed by atoms with van der Waals surface area (Å²) in [7, 11) is 1.60. The van der Waals surface area contributed by atoms with Crippen molar-refractivity contribution < 1.29 is 23.7 Å². The van der Waals surface area contributed by atoms with E-state index >= 15 is 0 Å². The number of nitrogens with zero attached hydrogens (tertiary/aromatic N) is 1. The van der Waals surface area contributed by atoms with E-state index in [1.54, 1.807) is 25.3 Å². The normalized spacial score (nSPS) is 14.0. The van der Waals surface area contributed by atoms with Crippen LogP contribution >= 0.6 is 0 Å². The first kappa shape index (κ1) is 29.5. The Bertz CT molecular complexity index is 1680. The second kappa shape index (κ2) is 13.8. The summed E-state index contributed by atoms with van der Waals surface area (Å²) in [4.78, 5) is 12.9. The number of benzene rings is 4. The maximum Gasteiger partial charge on any atom is 0.315 e. The Hall–Kier alpha value is -4.96. The molecule has 0 radical (unpaired) electrons. The molecule has 1 aliphatic rings. The maximum atomic E-state index is 12.9. The Labute approximate surface area is 252 Å². The summed E-state index contributed by atoms with van der Waals surface area (Å²) in [5, 5.41) is 12.1. The highest BCUT2D eigenvalue weighted by Gasteiger charge is 2.32. The van der Waals surface area contributed by atoms with Gasteiger partial charge in [-0.2, -0.15) is 5.26 Å². The van der Waals surface area contributed by atoms with Gasteiger partial charge in [0.05, 0.1) is 26.1 Å². The number of nitrogens with two attached hydrogens (primary N) is 1. The largest absolute Gasteiger partial charge is 0.493 e. The number of hydrogen-bond acceptors (Lipinski definition) is 7. The van der Waals surface area contributed by atoms with Gasteiger partial charge in [0, 0.05) is 11.6 Å². The standard InChI is InChI=1S/C36H36N2O5/c1-3-4-5-6-9-19-41-31-18-15-26(20-33(31)40-2)35-29-17-16-27(22-32(29)43-36(38)30(35)23-37)42-34(39)21-25-13-10-12-24-11-7-8-14-28(24)25/h7-8,10-18,20,22,35H,3-6,9,19,21,38H2,1-2H3. The van der Waals surface area contributed by atoms with Crippen LogP contribution in [0.25, 0.3) is 10.8 Å². The molecule has 0 aromatic heterocycles. The van der Waals surface area contributed by atoms with E-state index in [0.717, 1.165) is 40.3 Å². The predicted octanol–water partition coefficient (Wildman–Crippen LogP) is 7.56. The number of methoxy groups -OCH3 is 1. The molecule has 0 saturated carbocycles. The number of ether oxygens (including phenoxy) is 4. The van der Waals surface area contributed by atoms with Crippen molar-refractivity contribution in [3.05, 3.63) is 107 Å². The highest BCUT2D eigenvalue weighted by molar-refractivity contribution is 5.89. The van der Waals surface area contributed by atoms with Gasteiger partial charge in [-0.05, 0) is 46.5 Å². The number of unbranched alkanes of at least 4 members (excludes halogenated alkanes) is 4. The number of rotatable bonds is 12. The summed E-state index contributed by atoms with van der Waals surface area (Å²) < 4.78 is 23.2. The molecule has 0 spiro atoms. The van der Waals surface area contributed by atoms with Crippen LogP contribution in [0.15, 0.2) is 90.3 Å². The molecule has 5 rings (SSSR count). The molecule has 220 valence electrons. The van der Waals surface area contributed by atoms with Crippen molar-refractivity contribution in [1.82, 2.24) is 0 Å². The second-order valence-corrected chi connectivity index (χ2v) is 10.6. The monoisotopic (exact) mass is 576 g/mol. The minimum Gasteiger partial charge on any atom is -0.493 e. The minimum atomic E-state index is -0.494. The van der Waals surface area contributed by atoms with Gasteiger partial charge in [-0.3, -0.25) is 4.79 Å². The van der Waals surface area contributed by atoms with E-state index in [1.807, 2.05) is 60.7 Å². The van der Waals surface area contributed by atoms with Gasteiger partial charge in [-0.25, -0.2) is 0 Å². The van der Waals surface area contributed by atoms with Crippen LogP contribution in [0.3, 0.4) is 0 Å². The molecule has 0 bridgehead atoms. The van der Waals surface area contributed by atoms with E-state index in [0.29, 0.717) is 35.2 Å². The number of carbonyl (C=O) groups is 1. The fourth-order valence-corrected chi connectivity index (χ4v) is 5.48. The molecule has 0 amide bonds. The Morgan fingerprint density at radius 3 is 2.58 bits per heavy atom. The summed E-state index contributed by atoms with van der Waals surface area (Å²) >= 11 is 0. The Morgan fingerprint density at radius 2 is 1.77 bits per heavy atom. The molecule has 1 unspecified atom stereocenters.